The highest BCUT2D eigenvalue weighted by atomic mass is 14.9. The Bertz CT molecular complexity index is 395. The van der Waals surface area contributed by atoms with Crippen LogP contribution in [-0.2, 0) is 0 Å². The van der Waals surface area contributed by atoms with E-state index < -0.39 is 0 Å². The quantitative estimate of drug-likeness (QED) is 0.596. The first kappa shape index (κ1) is 23.9. The Morgan fingerprint density at radius 2 is 1.74 bits per heavy atom. The lowest BCUT2D eigenvalue weighted by Crippen LogP contribution is -2.33. The third kappa shape index (κ3) is 10.1. The Morgan fingerprint density at radius 1 is 1.13 bits per heavy atom. The Kier molecular flexibility index (Phi) is 16.2. The molecular weight excluding hydrogens is 282 g/mol. The van der Waals surface area contributed by atoms with E-state index in [2.05, 4.69) is 24.1 Å². The topological polar surface area (TPSA) is 51.7 Å². The predicted molar refractivity (Wildman–Crippen MR) is 106 cm³/mol. The van der Waals surface area contributed by atoms with E-state index in [1.807, 2.05) is 59.9 Å². The van der Waals surface area contributed by atoms with Gasteiger partial charge in [0.2, 0.25) is 0 Å². The van der Waals surface area contributed by atoms with Crippen LogP contribution in [0.5, 0.6) is 0 Å². The Labute approximate surface area is 144 Å². The van der Waals surface area contributed by atoms with Crippen LogP contribution in [-0.4, -0.2) is 24.3 Å². The van der Waals surface area contributed by atoms with Gasteiger partial charge in [0.15, 0.2) is 0 Å². The van der Waals surface area contributed by atoms with Crippen molar-refractivity contribution in [1.82, 2.24) is 10.3 Å². The van der Waals surface area contributed by atoms with Gasteiger partial charge in [-0.2, -0.15) is 0 Å². The Balaban J connectivity index is 0. The van der Waals surface area contributed by atoms with Crippen molar-refractivity contribution in [2.45, 2.75) is 61.8 Å². The van der Waals surface area contributed by atoms with Gasteiger partial charge >= 0.3 is 0 Å². The van der Waals surface area contributed by atoms with Crippen molar-refractivity contribution in [1.29, 1.82) is 5.41 Å². The molecule has 1 aliphatic heterocycles. The lowest BCUT2D eigenvalue weighted by Gasteiger charge is -2.25. The highest BCUT2D eigenvalue weighted by molar-refractivity contribution is 5.87. The summed E-state index contributed by atoms with van der Waals surface area (Å²) in [7, 11) is 0. The largest absolute Gasteiger partial charge is 0.361 e. The van der Waals surface area contributed by atoms with Crippen LogP contribution >= 0.6 is 0 Å². The number of aromatic nitrogens is 1. The van der Waals surface area contributed by atoms with Gasteiger partial charge in [-0.15, -0.1) is 0 Å². The summed E-state index contributed by atoms with van der Waals surface area (Å²) in [5.74, 6) is 1.83. The molecule has 1 aromatic rings. The fourth-order valence-electron chi connectivity index (χ4n) is 2.03. The molecule has 1 saturated heterocycles. The van der Waals surface area contributed by atoms with Gasteiger partial charge in [0.05, 0.1) is 0 Å². The second-order valence-electron chi connectivity index (χ2n) is 5.48. The average Bonchev–Trinajstić information content (AvgIpc) is 3.15. The SMILES string of the molecule is C/C(C=N)=C(\C)c1ccc[nH]1.CC.CC.CC1CCNCC1C. The van der Waals surface area contributed by atoms with Crippen molar-refractivity contribution >= 4 is 11.8 Å². The van der Waals surface area contributed by atoms with Gasteiger partial charge in [0.1, 0.15) is 0 Å². The van der Waals surface area contributed by atoms with Gasteiger partial charge in [0.25, 0.3) is 0 Å². The highest BCUT2D eigenvalue weighted by Crippen LogP contribution is 2.16. The molecule has 0 aliphatic carbocycles. The summed E-state index contributed by atoms with van der Waals surface area (Å²) in [6.45, 7) is 19.0. The van der Waals surface area contributed by atoms with Gasteiger partial charge in [0, 0.05) is 18.1 Å². The van der Waals surface area contributed by atoms with Crippen LogP contribution in [0.25, 0.3) is 5.57 Å². The number of H-pyrrole nitrogens is 1. The van der Waals surface area contributed by atoms with Gasteiger partial charge < -0.3 is 15.7 Å². The monoisotopic (exact) mass is 321 g/mol. The maximum absolute atomic E-state index is 7.04. The van der Waals surface area contributed by atoms with Crippen molar-refractivity contribution in [3.63, 3.8) is 0 Å². The molecule has 0 radical (unpaired) electrons. The number of nitrogens with one attached hydrogen (secondary N) is 3. The Hall–Kier alpha value is -1.35. The van der Waals surface area contributed by atoms with Crippen molar-refractivity contribution in [3.05, 3.63) is 29.6 Å². The molecule has 0 bridgehead atoms. The zero-order valence-corrected chi connectivity index (χ0v) is 16.6. The lowest BCUT2D eigenvalue weighted by molar-refractivity contribution is 0.295. The summed E-state index contributed by atoms with van der Waals surface area (Å²) >= 11 is 0. The molecule has 2 rings (SSSR count). The molecule has 2 heterocycles. The molecule has 23 heavy (non-hydrogen) atoms. The van der Waals surface area contributed by atoms with Crippen LogP contribution in [0.3, 0.4) is 0 Å². The molecular formula is C20H39N3. The zero-order chi connectivity index (χ0) is 18.3. The molecule has 1 aromatic heterocycles. The number of rotatable bonds is 2. The molecule has 3 N–H and O–H groups in total. The number of hydrogen-bond acceptors (Lipinski definition) is 2. The van der Waals surface area contributed by atoms with Crippen LogP contribution in [0.1, 0.15) is 67.5 Å². The molecule has 0 amide bonds. The van der Waals surface area contributed by atoms with E-state index in [1.165, 1.54) is 25.7 Å². The molecule has 0 spiro atoms. The van der Waals surface area contributed by atoms with E-state index in [0.717, 1.165) is 28.7 Å². The van der Waals surface area contributed by atoms with Crippen molar-refractivity contribution in [2.75, 3.05) is 13.1 Å². The molecule has 2 atom stereocenters. The van der Waals surface area contributed by atoms with Gasteiger partial charge in [-0.3, -0.25) is 0 Å². The van der Waals surface area contributed by atoms with E-state index in [0.29, 0.717) is 0 Å². The standard InChI is InChI=1S/C9H12N2.C7H15N.2C2H6/c1-7(6-10)8(2)9-4-3-5-11-9;1-6-3-4-8-5-7(6)2;2*1-2/h3-6,10-11H,1-2H3;6-8H,3-5H2,1-2H3;2*1-2H3/b8-7-,10-6?;;;. The minimum atomic E-state index is 0.892. The molecule has 2 unspecified atom stereocenters. The molecule has 1 fully saturated rings. The van der Waals surface area contributed by atoms with Crippen LogP contribution in [0.2, 0.25) is 0 Å². The third-order valence-electron chi connectivity index (χ3n) is 4.02. The van der Waals surface area contributed by atoms with Crippen molar-refractivity contribution in [2.24, 2.45) is 11.8 Å². The maximum atomic E-state index is 7.04. The summed E-state index contributed by atoms with van der Waals surface area (Å²) in [5.41, 5.74) is 3.21. The summed E-state index contributed by atoms with van der Waals surface area (Å²) in [6, 6.07) is 3.96. The van der Waals surface area contributed by atoms with Gasteiger partial charge in [-0.25, -0.2) is 0 Å². The second-order valence-corrected chi connectivity index (χ2v) is 5.48. The summed E-state index contributed by atoms with van der Waals surface area (Å²) in [6.07, 6.45) is 4.62. The van der Waals surface area contributed by atoms with E-state index in [4.69, 9.17) is 5.41 Å². The normalized spacial score (nSPS) is 20.3. The summed E-state index contributed by atoms with van der Waals surface area (Å²) in [4.78, 5) is 3.09. The predicted octanol–water partition coefficient (Wildman–Crippen LogP) is 5.76. The van der Waals surface area contributed by atoms with Crippen LogP contribution in [0.15, 0.2) is 23.9 Å². The van der Waals surface area contributed by atoms with Crippen molar-refractivity contribution < 1.29 is 0 Å². The van der Waals surface area contributed by atoms with E-state index in [1.54, 1.807) is 0 Å². The summed E-state index contributed by atoms with van der Waals surface area (Å²) < 4.78 is 0. The molecule has 3 nitrogen and oxygen atoms in total. The average molecular weight is 322 g/mol. The minimum Gasteiger partial charge on any atom is -0.361 e. The third-order valence-corrected chi connectivity index (χ3v) is 4.02. The van der Waals surface area contributed by atoms with Crippen molar-refractivity contribution in [3.8, 4) is 0 Å². The van der Waals surface area contributed by atoms with Crippen LogP contribution in [0, 0.1) is 17.2 Å². The smallest absolute Gasteiger partial charge is 0.0413 e. The molecule has 0 aromatic carbocycles. The second kappa shape index (κ2) is 15.5. The summed E-state index contributed by atoms with van der Waals surface area (Å²) in [5, 5.41) is 10.4. The fraction of sp³-hybridized carbons (Fsp3) is 0.650. The van der Waals surface area contributed by atoms with Crippen LogP contribution in [0.4, 0.5) is 0 Å². The first-order valence-corrected chi connectivity index (χ1v) is 9.08. The number of allylic oxidation sites excluding steroid dienone is 2. The van der Waals surface area contributed by atoms with E-state index in [-0.39, 0.29) is 0 Å². The molecule has 3 heteroatoms. The van der Waals surface area contributed by atoms with Gasteiger partial charge in [-0.05, 0) is 68.5 Å². The lowest BCUT2D eigenvalue weighted by atomic mass is 9.90. The van der Waals surface area contributed by atoms with Crippen LogP contribution < -0.4 is 5.32 Å². The Morgan fingerprint density at radius 3 is 2.09 bits per heavy atom. The molecule has 1 aliphatic rings. The fourth-order valence-corrected chi connectivity index (χ4v) is 2.03. The first-order chi connectivity index (χ1) is 11.1. The number of hydrogen-bond donors (Lipinski definition) is 3. The maximum Gasteiger partial charge on any atom is 0.0413 e. The number of piperidine rings is 1. The zero-order valence-electron chi connectivity index (χ0n) is 16.6. The first-order valence-electron chi connectivity index (χ1n) is 9.08. The highest BCUT2D eigenvalue weighted by Gasteiger charge is 2.15. The number of aromatic amines is 1. The van der Waals surface area contributed by atoms with E-state index in [9.17, 15) is 0 Å². The van der Waals surface area contributed by atoms with Gasteiger partial charge in [-0.1, -0.05) is 41.5 Å². The van der Waals surface area contributed by atoms with E-state index >= 15 is 0 Å². The minimum absolute atomic E-state index is 0.892. The molecule has 0 saturated carbocycles. The molecule has 134 valence electrons.